The molecule has 1 amide bonds. The molecule has 0 spiro atoms. The normalized spacial score (nSPS) is 11.2. The molecule has 7 nitrogen and oxygen atoms in total. The lowest BCUT2D eigenvalue weighted by Crippen LogP contribution is -2.55. The number of carboxylic acid groups (broad SMARTS) is 1. The molecule has 0 atom stereocenters. The Hall–Kier alpha value is -3.42. The Labute approximate surface area is 176 Å². The number of carbonyl (C=O) groups excluding carboxylic acids is 1. The molecular weight excluding hydrogens is 381 g/mol. The first kappa shape index (κ1) is 21.3. The zero-order chi connectivity index (χ0) is 22.1. The molecule has 3 N–H and O–H groups in total. The van der Waals surface area contributed by atoms with E-state index in [2.05, 4.69) is 10.3 Å². The Balaban J connectivity index is 2.01. The van der Waals surface area contributed by atoms with E-state index < -0.39 is 17.2 Å². The molecule has 30 heavy (non-hydrogen) atoms. The van der Waals surface area contributed by atoms with Crippen molar-refractivity contribution in [3.8, 4) is 17.2 Å². The van der Waals surface area contributed by atoms with Crippen molar-refractivity contribution >= 4 is 46.2 Å². The van der Waals surface area contributed by atoms with Crippen LogP contribution >= 0.6 is 0 Å². The summed E-state index contributed by atoms with van der Waals surface area (Å²) in [6, 6.07) is 12.8. The topological polar surface area (TPSA) is 109 Å². The molecule has 0 saturated carbocycles. The Bertz CT molecular complexity index is 1130. The average Bonchev–Trinajstić information content (AvgIpc) is 2.69. The van der Waals surface area contributed by atoms with E-state index in [4.69, 9.17) is 4.74 Å². The third-order valence-electron chi connectivity index (χ3n) is 4.80. The summed E-state index contributed by atoms with van der Waals surface area (Å²) in [4.78, 5) is 28.2. The number of fused-ring (bicyclic) bond motifs is 1. The number of aryl methyl sites for hydroxylation is 1. The van der Waals surface area contributed by atoms with Crippen LogP contribution in [0.2, 0.25) is 0 Å². The number of ether oxygens (including phenoxy) is 1. The van der Waals surface area contributed by atoms with E-state index in [9.17, 15) is 19.8 Å². The van der Waals surface area contributed by atoms with E-state index in [1.54, 1.807) is 18.2 Å². The van der Waals surface area contributed by atoms with Crippen molar-refractivity contribution in [1.29, 1.82) is 0 Å². The number of carboxylic acids is 1. The van der Waals surface area contributed by atoms with Crippen molar-refractivity contribution in [3.05, 3.63) is 59.4 Å². The second-order valence-electron chi connectivity index (χ2n) is 7.62. The zero-order valence-corrected chi connectivity index (χ0v) is 17.3. The van der Waals surface area contributed by atoms with Crippen molar-refractivity contribution in [2.45, 2.75) is 18.6 Å². The molecule has 1 heterocycles. The first-order valence-electron chi connectivity index (χ1n) is 9.58. The van der Waals surface area contributed by atoms with E-state index in [0.29, 0.717) is 34.3 Å². The van der Waals surface area contributed by atoms with Gasteiger partial charge >= 0.3 is 5.97 Å². The molecule has 0 unspecified atom stereocenters. The number of nitrogens with zero attached hydrogens (tertiary/aromatic N) is 1. The number of benzene rings is 2. The Morgan fingerprint density at radius 1 is 1.10 bits per heavy atom. The van der Waals surface area contributed by atoms with Gasteiger partial charge in [-0.3, -0.25) is 9.59 Å². The number of hydrogen-bond acceptors (Lipinski definition) is 5. The first-order valence-corrected chi connectivity index (χ1v) is 9.58. The molecule has 2 aromatic carbocycles. The maximum atomic E-state index is 12.6. The van der Waals surface area contributed by atoms with E-state index in [1.807, 2.05) is 39.0 Å². The molecule has 3 aromatic rings. The van der Waals surface area contributed by atoms with Crippen LogP contribution in [-0.4, -0.2) is 55.9 Å². The van der Waals surface area contributed by atoms with E-state index in [0.717, 1.165) is 5.56 Å². The Morgan fingerprint density at radius 3 is 2.33 bits per heavy atom. The third kappa shape index (κ3) is 4.27. The lowest BCUT2D eigenvalue weighted by Gasteiger charge is -2.22. The fraction of sp³-hybridized carbons (Fsp3) is 0.150. The minimum Gasteiger partial charge on any atom is -0.505 e. The average molecular weight is 402 g/mol. The third-order valence-corrected chi connectivity index (χ3v) is 4.80. The molecule has 3 rings (SSSR count). The number of aliphatic carboxylic acids is 1. The van der Waals surface area contributed by atoms with Crippen molar-refractivity contribution in [2.24, 2.45) is 0 Å². The van der Waals surface area contributed by atoms with Gasteiger partial charge in [0, 0.05) is 16.5 Å². The van der Waals surface area contributed by atoms with Crippen LogP contribution < -0.4 is 10.1 Å². The molecule has 0 aliphatic rings. The van der Waals surface area contributed by atoms with Gasteiger partial charge in [-0.2, -0.15) is 0 Å². The standard InChI is InChI=1S/C20H21B3N2O5/c1-10-2-4-11(5-3-10)30-12-6-7-13-14(8-12)15(9-21)24-16(17(13)26)18(27)25-20(22,23)19(28)29/h2-8,26H,9,21-23H2,1H3,(H,25,27)(H,28,29). The van der Waals surface area contributed by atoms with E-state index >= 15 is 0 Å². The van der Waals surface area contributed by atoms with Crippen LogP contribution in [0.3, 0.4) is 0 Å². The number of amides is 1. The molecule has 10 heteroatoms. The molecule has 0 bridgehead atoms. The fourth-order valence-electron chi connectivity index (χ4n) is 2.97. The minimum absolute atomic E-state index is 0.208. The molecule has 0 fully saturated rings. The lowest BCUT2D eigenvalue weighted by atomic mass is 9.62. The molecule has 0 saturated heterocycles. The molecule has 150 valence electrons. The minimum atomic E-state index is -1.50. The molecule has 0 aliphatic carbocycles. The smallest absolute Gasteiger partial charge is 0.311 e. The molecule has 0 aliphatic heterocycles. The van der Waals surface area contributed by atoms with Gasteiger partial charge in [0.05, 0.1) is 5.34 Å². The van der Waals surface area contributed by atoms with Gasteiger partial charge in [0.1, 0.15) is 35.0 Å². The number of nitrogens with one attached hydrogen (secondary N) is 1. The van der Waals surface area contributed by atoms with Crippen LogP contribution in [0.4, 0.5) is 0 Å². The lowest BCUT2D eigenvalue weighted by molar-refractivity contribution is -0.138. The van der Waals surface area contributed by atoms with Crippen molar-refractivity contribution in [3.63, 3.8) is 0 Å². The SMILES string of the molecule is BCc1nc(C(=O)NC(B)(B)C(=O)O)c(O)c2ccc(Oc3ccc(C)cc3)cc12. The number of rotatable bonds is 6. The van der Waals surface area contributed by atoms with Crippen LogP contribution in [0.5, 0.6) is 17.2 Å². The van der Waals surface area contributed by atoms with Crippen molar-refractivity contribution in [2.75, 3.05) is 0 Å². The summed E-state index contributed by atoms with van der Waals surface area (Å²) in [6.45, 7) is 1.99. The van der Waals surface area contributed by atoms with Crippen LogP contribution in [0.25, 0.3) is 10.8 Å². The maximum absolute atomic E-state index is 12.6. The predicted molar refractivity (Wildman–Crippen MR) is 122 cm³/mol. The van der Waals surface area contributed by atoms with E-state index in [1.165, 1.54) is 15.7 Å². The zero-order valence-electron chi connectivity index (χ0n) is 17.3. The van der Waals surface area contributed by atoms with Gasteiger partial charge in [-0.25, -0.2) is 4.98 Å². The Kier molecular flexibility index (Phi) is 5.78. The largest absolute Gasteiger partial charge is 0.505 e. The van der Waals surface area contributed by atoms with Crippen LogP contribution in [0, 0.1) is 6.92 Å². The van der Waals surface area contributed by atoms with Gasteiger partial charge in [0.15, 0.2) is 11.4 Å². The number of hydrogen-bond donors (Lipinski definition) is 3. The summed E-state index contributed by atoms with van der Waals surface area (Å²) in [5.74, 6) is -0.988. The highest BCUT2D eigenvalue weighted by molar-refractivity contribution is 6.51. The summed E-state index contributed by atoms with van der Waals surface area (Å²) in [6.07, 6.45) is 0.507. The number of carbonyl (C=O) groups is 2. The molecule has 0 radical (unpaired) electrons. The molecule has 1 aromatic heterocycles. The van der Waals surface area contributed by atoms with Crippen molar-refractivity contribution < 1.29 is 24.5 Å². The second-order valence-corrected chi connectivity index (χ2v) is 7.62. The quantitative estimate of drug-likeness (QED) is 0.498. The van der Waals surface area contributed by atoms with E-state index in [-0.39, 0.29) is 11.4 Å². The highest BCUT2D eigenvalue weighted by atomic mass is 16.5. The maximum Gasteiger partial charge on any atom is 0.311 e. The second kappa shape index (κ2) is 8.14. The Morgan fingerprint density at radius 2 is 1.73 bits per heavy atom. The van der Waals surface area contributed by atoms with Gasteiger partial charge in [-0.05, 0) is 43.6 Å². The first-order chi connectivity index (χ1) is 14.1. The highest BCUT2D eigenvalue weighted by Gasteiger charge is 2.31. The number of aromatic hydroxyl groups is 1. The summed E-state index contributed by atoms with van der Waals surface area (Å²) < 4.78 is 5.90. The summed E-state index contributed by atoms with van der Waals surface area (Å²) in [5.41, 5.74) is 1.51. The van der Waals surface area contributed by atoms with Gasteiger partial charge in [-0.1, -0.05) is 17.7 Å². The number of aromatic nitrogens is 1. The van der Waals surface area contributed by atoms with Gasteiger partial charge in [-0.15, -0.1) is 0 Å². The van der Waals surface area contributed by atoms with Crippen LogP contribution in [0.15, 0.2) is 42.5 Å². The summed E-state index contributed by atoms with van der Waals surface area (Å²) in [7, 11) is 4.61. The number of pyridine rings is 1. The molecular formula is C20H21B3N2O5. The fourth-order valence-corrected chi connectivity index (χ4v) is 2.97. The van der Waals surface area contributed by atoms with Crippen LogP contribution in [0.1, 0.15) is 21.7 Å². The van der Waals surface area contributed by atoms with Gasteiger partial charge in [0.2, 0.25) is 0 Å². The monoisotopic (exact) mass is 402 g/mol. The predicted octanol–water partition coefficient (Wildman–Crippen LogP) is -0.0914. The highest BCUT2D eigenvalue weighted by Crippen LogP contribution is 2.34. The van der Waals surface area contributed by atoms with Crippen molar-refractivity contribution in [1.82, 2.24) is 10.3 Å². The summed E-state index contributed by atoms with van der Waals surface area (Å²) in [5, 5.41) is 21.9. The van der Waals surface area contributed by atoms with Gasteiger partial charge in [0.25, 0.3) is 5.91 Å². The summed E-state index contributed by atoms with van der Waals surface area (Å²) >= 11 is 0. The van der Waals surface area contributed by atoms with Gasteiger partial charge < -0.3 is 20.3 Å². The van der Waals surface area contributed by atoms with Crippen LogP contribution in [-0.2, 0) is 11.1 Å².